The van der Waals surface area contributed by atoms with E-state index in [1.54, 1.807) is 18.7 Å². The maximum atomic E-state index is 12.0. The van der Waals surface area contributed by atoms with Crippen LogP contribution in [-0.2, 0) is 13.0 Å². The van der Waals surface area contributed by atoms with Crippen LogP contribution < -0.4 is 15.5 Å². The van der Waals surface area contributed by atoms with Crippen molar-refractivity contribution in [1.82, 2.24) is 25.6 Å². The van der Waals surface area contributed by atoms with E-state index in [4.69, 9.17) is 0 Å². The number of aromatic nitrogens is 3. The fraction of sp³-hybridized carbons (Fsp3) is 0.444. The smallest absolute Gasteiger partial charge is 0.315 e. The zero-order valence-corrected chi connectivity index (χ0v) is 14.5. The molecule has 2 N–H and O–H groups in total. The van der Waals surface area contributed by atoms with Gasteiger partial charge in [0, 0.05) is 49.8 Å². The van der Waals surface area contributed by atoms with Crippen LogP contribution in [0.2, 0.25) is 0 Å². The normalized spacial score (nSPS) is 15.0. The van der Waals surface area contributed by atoms with E-state index < -0.39 is 0 Å². The number of amides is 2. The average molecular weight is 340 g/mol. The molecule has 3 heterocycles. The molecule has 2 amide bonds. The lowest BCUT2D eigenvalue weighted by molar-refractivity contribution is 0.234. The zero-order valence-electron chi connectivity index (χ0n) is 14.5. The van der Waals surface area contributed by atoms with Crippen LogP contribution in [0.3, 0.4) is 0 Å². The number of urea groups is 1. The van der Waals surface area contributed by atoms with E-state index in [0.29, 0.717) is 6.54 Å². The van der Waals surface area contributed by atoms with Gasteiger partial charge in [0.05, 0.1) is 0 Å². The van der Waals surface area contributed by atoms with Crippen LogP contribution >= 0.6 is 0 Å². The first-order chi connectivity index (χ1) is 12.2. The lowest BCUT2D eigenvalue weighted by atomic mass is 10.1. The number of anilines is 1. The summed E-state index contributed by atoms with van der Waals surface area (Å²) in [5.74, 6) is 0.979. The SMILES string of the molecule is CCc1cc(N2CCC(NC(=O)NCc3ccncc3)CC2)ncn1. The van der Waals surface area contributed by atoms with Gasteiger partial charge in [-0.05, 0) is 37.0 Å². The van der Waals surface area contributed by atoms with Gasteiger partial charge in [-0.2, -0.15) is 0 Å². The molecule has 0 atom stereocenters. The van der Waals surface area contributed by atoms with Gasteiger partial charge >= 0.3 is 6.03 Å². The van der Waals surface area contributed by atoms with Crippen molar-refractivity contribution in [2.24, 2.45) is 0 Å². The van der Waals surface area contributed by atoms with Crippen molar-refractivity contribution in [3.05, 3.63) is 48.2 Å². The van der Waals surface area contributed by atoms with Crippen LogP contribution in [0.25, 0.3) is 0 Å². The quantitative estimate of drug-likeness (QED) is 0.869. The van der Waals surface area contributed by atoms with Gasteiger partial charge in [0.1, 0.15) is 12.1 Å². The van der Waals surface area contributed by atoms with Crippen molar-refractivity contribution in [3.8, 4) is 0 Å². The predicted octanol–water partition coefficient (Wildman–Crippen LogP) is 1.90. The van der Waals surface area contributed by atoms with E-state index in [9.17, 15) is 4.79 Å². The highest BCUT2D eigenvalue weighted by molar-refractivity contribution is 5.74. The molecule has 132 valence electrons. The Balaban J connectivity index is 1.43. The number of piperidine rings is 1. The summed E-state index contributed by atoms with van der Waals surface area (Å²) in [6.45, 7) is 4.37. The van der Waals surface area contributed by atoms with Crippen molar-refractivity contribution < 1.29 is 4.79 Å². The van der Waals surface area contributed by atoms with Gasteiger partial charge in [-0.25, -0.2) is 14.8 Å². The number of rotatable bonds is 5. The molecule has 1 aliphatic rings. The third-order valence-electron chi connectivity index (χ3n) is 4.43. The standard InChI is InChI=1S/C18H24N6O/c1-2-15-11-17(22-13-21-15)24-9-5-16(6-10-24)23-18(25)20-12-14-3-7-19-8-4-14/h3-4,7-8,11,13,16H,2,5-6,9-10,12H2,1H3,(H2,20,23,25). The van der Waals surface area contributed by atoms with Gasteiger partial charge in [-0.1, -0.05) is 6.92 Å². The Morgan fingerprint density at radius 2 is 2.00 bits per heavy atom. The molecule has 25 heavy (non-hydrogen) atoms. The summed E-state index contributed by atoms with van der Waals surface area (Å²) in [4.78, 5) is 26.9. The Morgan fingerprint density at radius 3 is 2.72 bits per heavy atom. The van der Waals surface area contributed by atoms with Crippen molar-refractivity contribution in [2.45, 2.75) is 38.8 Å². The number of nitrogens with one attached hydrogen (secondary N) is 2. The highest BCUT2D eigenvalue weighted by Gasteiger charge is 2.21. The minimum atomic E-state index is -0.120. The summed E-state index contributed by atoms with van der Waals surface area (Å²) in [7, 11) is 0. The molecule has 7 heteroatoms. The van der Waals surface area contributed by atoms with Gasteiger partial charge in [-0.3, -0.25) is 4.98 Å². The fourth-order valence-electron chi connectivity index (χ4n) is 2.92. The zero-order chi connectivity index (χ0) is 17.5. The first kappa shape index (κ1) is 17.1. The summed E-state index contributed by atoms with van der Waals surface area (Å²) in [6.07, 6.45) is 7.81. The molecular formula is C18H24N6O. The van der Waals surface area contributed by atoms with Crippen molar-refractivity contribution in [2.75, 3.05) is 18.0 Å². The van der Waals surface area contributed by atoms with E-state index in [2.05, 4.69) is 43.5 Å². The molecule has 0 radical (unpaired) electrons. The van der Waals surface area contributed by atoms with Gasteiger partial charge in [0.2, 0.25) is 0 Å². The molecule has 0 aliphatic carbocycles. The molecule has 0 unspecified atom stereocenters. The molecule has 0 saturated carbocycles. The molecule has 1 fully saturated rings. The summed E-state index contributed by atoms with van der Waals surface area (Å²) in [6, 6.07) is 5.91. The van der Waals surface area contributed by atoms with E-state index in [0.717, 1.165) is 49.4 Å². The summed E-state index contributed by atoms with van der Waals surface area (Å²) < 4.78 is 0. The van der Waals surface area contributed by atoms with Crippen molar-refractivity contribution in [1.29, 1.82) is 0 Å². The Kier molecular flexibility index (Phi) is 5.77. The number of aryl methyl sites for hydroxylation is 1. The molecule has 3 rings (SSSR count). The van der Waals surface area contributed by atoms with E-state index >= 15 is 0 Å². The summed E-state index contributed by atoms with van der Waals surface area (Å²) in [5, 5.41) is 5.95. The Labute approximate surface area is 147 Å². The maximum Gasteiger partial charge on any atom is 0.315 e. The molecular weight excluding hydrogens is 316 g/mol. The molecule has 0 spiro atoms. The number of nitrogens with zero attached hydrogens (tertiary/aromatic N) is 4. The third-order valence-corrected chi connectivity index (χ3v) is 4.43. The Bertz CT molecular complexity index is 685. The monoisotopic (exact) mass is 340 g/mol. The highest BCUT2D eigenvalue weighted by atomic mass is 16.2. The highest BCUT2D eigenvalue weighted by Crippen LogP contribution is 2.18. The second-order valence-electron chi connectivity index (χ2n) is 6.16. The molecule has 0 aromatic carbocycles. The third kappa shape index (κ3) is 4.89. The molecule has 1 aliphatic heterocycles. The van der Waals surface area contributed by atoms with E-state index in [1.807, 2.05) is 12.1 Å². The van der Waals surface area contributed by atoms with Gasteiger partial charge in [-0.15, -0.1) is 0 Å². The van der Waals surface area contributed by atoms with Crippen molar-refractivity contribution >= 4 is 11.8 Å². The first-order valence-corrected chi connectivity index (χ1v) is 8.73. The summed E-state index contributed by atoms with van der Waals surface area (Å²) in [5.41, 5.74) is 2.09. The van der Waals surface area contributed by atoms with E-state index in [-0.39, 0.29) is 12.1 Å². The van der Waals surface area contributed by atoms with Crippen LogP contribution in [0.5, 0.6) is 0 Å². The minimum absolute atomic E-state index is 0.120. The number of pyridine rings is 1. The molecule has 1 saturated heterocycles. The van der Waals surface area contributed by atoms with Gasteiger partial charge in [0.25, 0.3) is 0 Å². The topological polar surface area (TPSA) is 83.0 Å². The van der Waals surface area contributed by atoms with Crippen LogP contribution in [0.4, 0.5) is 10.6 Å². The van der Waals surface area contributed by atoms with Gasteiger partial charge in [0.15, 0.2) is 0 Å². The lowest BCUT2D eigenvalue weighted by Gasteiger charge is -2.33. The first-order valence-electron chi connectivity index (χ1n) is 8.73. The van der Waals surface area contributed by atoms with Crippen molar-refractivity contribution in [3.63, 3.8) is 0 Å². The minimum Gasteiger partial charge on any atom is -0.356 e. The largest absolute Gasteiger partial charge is 0.356 e. The predicted molar refractivity (Wildman–Crippen MR) is 96.3 cm³/mol. The lowest BCUT2D eigenvalue weighted by Crippen LogP contribution is -2.48. The van der Waals surface area contributed by atoms with Crippen LogP contribution in [-0.4, -0.2) is 40.1 Å². The van der Waals surface area contributed by atoms with E-state index in [1.165, 1.54) is 0 Å². The van der Waals surface area contributed by atoms with Gasteiger partial charge < -0.3 is 15.5 Å². The number of hydrogen-bond acceptors (Lipinski definition) is 5. The summed E-state index contributed by atoms with van der Waals surface area (Å²) >= 11 is 0. The second kappa shape index (κ2) is 8.41. The Hall–Kier alpha value is -2.70. The number of hydrogen-bond donors (Lipinski definition) is 2. The maximum absolute atomic E-state index is 12.0. The molecule has 0 bridgehead atoms. The number of carbonyl (C=O) groups excluding carboxylic acids is 1. The number of carbonyl (C=O) groups is 1. The van der Waals surface area contributed by atoms with Crippen LogP contribution in [0.15, 0.2) is 36.9 Å². The Morgan fingerprint density at radius 1 is 1.24 bits per heavy atom. The second-order valence-corrected chi connectivity index (χ2v) is 6.16. The van der Waals surface area contributed by atoms with Crippen LogP contribution in [0, 0.1) is 0 Å². The molecule has 2 aromatic heterocycles. The average Bonchev–Trinajstić information content (AvgIpc) is 2.68. The molecule has 2 aromatic rings. The van der Waals surface area contributed by atoms with Crippen LogP contribution in [0.1, 0.15) is 31.0 Å². The fourth-order valence-corrected chi connectivity index (χ4v) is 2.92. The molecule has 7 nitrogen and oxygen atoms in total.